The van der Waals surface area contributed by atoms with Gasteiger partial charge in [-0.25, -0.2) is 4.98 Å². The van der Waals surface area contributed by atoms with Crippen LogP contribution >= 0.6 is 11.8 Å². The lowest BCUT2D eigenvalue weighted by Gasteiger charge is -2.11. The van der Waals surface area contributed by atoms with Gasteiger partial charge in [-0.15, -0.1) is 5.10 Å². The highest BCUT2D eigenvalue weighted by Gasteiger charge is 2.12. The smallest absolute Gasteiger partial charge is 0.313 e. The van der Waals surface area contributed by atoms with Crippen molar-refractivity contribution in [3.8, 4) is 33.6 Å². The van der Waals surface area contributed by atoms with E-state index in [0.29, 0.717) is 11.0 Å². The number of aromatic nitrogens is 4. The van der Waals surface area contributed by atoms with Gasteiger partial charge in [-0.1, -0.05) is 62.0 Å². The second kappa shape index (κ2) is 11.0. The van der Waals surface area contributed by atoms with Crippen LogP contribution in [0.5, 0.6) is 0 Å². The number of hydrogen-bond donors (Lipinski definition) is 2. The molecule has 0 fully saturated rings. The molecule has 0 bridgehead atoms. The Kier molecular flexibility index (Phi) is 7.57. The van der Waals surface area contributed by atoms with Crippen molar-refractivity contribution in [3.63, 3.8) is 0 Å². The van der Waals surface area contributed by atoms with E-state index in [0.717, 1.165) is 45.1 Å². The van der Waals surface area contributed by atoms with E-state index in [1.54, 1.807) is 0 Å². The highest BCUT2D eigenvalue weighted by Crippen LogP contribution is 2.33. The maximum absolute atomic E-state index is 10.9. The fourth-order valence-corrected chi connectivity index (χ4v) is 4.26. The summed E-state index contributed by atoms with van der Waals surface area (Å²) in [6.07, 6.45) is 3.69. The summed E-state index contributed by atoms with van der Waals surface area (Å²) in [5.41, 5.74) is 6.12. The molecule has 0 aliphatic carbocycles. The van der Waals surface area contributed by atoms with Crippen molar-refractivity contribution in [1.82, 2.24) is 20.2 Å². The van der Waals surface area contributed by atoms with Crippen LogP contribution in [0, 0.1) is 6.92 Å². The van der Waals surface area contributed by atoms with Crippen LogP contribution in [-0.2, 0) is 4.79 Å². The molecule has 0 spiro atoms. The number of carbonyl (C=O) groups is 1. The van der Waals surface area contributed by atoms with Gasteiger partial charge in [0.15, 0.2) is 5.82 Å². The van der Waals surface area contributed by atoms with Crippen LogP contribution in [0.25, 0.3) is 44.4 Å². The minimum Gasteiger partial charge on any atom is -0.481 e. The number of benzene rings is 3. The Balaban J connectivity index is 0.00000141. The first kappa shape index (κ1) is 24.2. The Morgan fingerprint density at radius 2 is 1.57 bits per heavy atom. The number of H-pyrrole nitrogens is 1. The summed E-state index contributed by atoms with van der Waals surface area (Å²) in [5.74, 6) is -0.402. The molecule has 0 saturated carbocycles. The number of rotatable bonds is 6. The molecular formula is C28H26N4O2S. The lowest BCUT2D eigenvalue weighted by molar-refractivity contribution is -0.133. The second-order valence-electron chi connectivity index (χ2n) is 7.76. The minimum absolute atomic E-state index is 0.0887. The molecule has 0 amide bonds. The monoisotopic (exact) mass is 482 g/mol. The van der Waals surface area contributed by atoms with Gasteiger partial charge < -0.3 is 5.11 Å². The van der Waals surface area contributed by atoms with E-state index in [1.807, 2.05) is 51.4 Å². The summed E-state index contributed by atoms with van der Waals surface area (Å²) in [7, 11) is 0. The van der Waals surface area contributed by atoms with Crippen molar-refractivity contribution in [2.75, 3.05) is 5.75 Å². The fourth-order valence-electron chi connectivity index (χ4n) is 3.75. The standard InChI is InChI=1S/C26H20N4O2S.C2H6/c1-16-8-23(14-27-13-16)21-10-20(19-7-6-17-4-2-3-5-18(17)9-19)11-22(12-21)25-28-26(30-29-25)33-15-24(31)32;1-2/h2-14H,15H2,1H3,(H,31,32)(H,28,29,30);1-2H3. The second-order valence-corrected chi connectivity index (χ2v) is 8.70. The number of fused-ring (bicyclic) bond motifs is 1. The van der Waals surface area contributed by atoms with E-state index < -0.39 is 5.97 Å². The maximum atomic E-state index is 10.9. The molecular weight excluding hydrogens is 456 g/mol. The van der Waals surface area contributed by atoms with Crippen molar-refractivity contribution in [3.05, 3.63) is 84.7 Å². The van der Waals surface area contributed by atoms with Crippen LogP contribution in [0.2, 0.25) is 0 Å². The van der Waals surface area contributed by atoms with Gasteiger partial charge in [-0.3, -0.25) is 14.9 Å². The summed E-state index contributed by atoms with van der Waals surface area (Å²) in [5, 5.41) is 18.8. The van der Waals surface area contributed by atoms with Crippen LogP contribution in [0.4, 0.5) is 0 Å². The SMILES string of the molecule is CC.Cc1cncc(-c2cc(-c3ccc4ccccc4c3)cc(-c3nc(SCC(=O)O)n[nH]3)c2)c1. The highest BCUT2D eigenvalue weighted by molar-refractivity contribution is 7.99. The molecule has 6 nitrogen and oxygen atoms in total. The number of hydrogen-bond acceptors (Lipinski definition) is 5. The molecule has 0 aliphatic heterocycles. The number of thioether (sulfide) groups is 1. The van der Waals surface area contributed by atoms with Crippen molar-refractivity contribution < 1.29 is 9.90 Å². The van der Waals surface area contributed by atoms with Gasteiger partial charge >= 0.3 is 5.97 Å². The molecule has 2 heterocycles. The predicted octanol–water partition coefficient (Wildman–Crippen LogP) is 6.87. The average Bonchev–Trinajstić information content (AvgIpc) is 3.37. The minimum atomic E-state index is -0.904. The molecule has 35 heavy (non-hydrogen) atoms. The van der Waals surface area contributed by atoms with Gasteiger partial charge in [-0.05, 0) is 70.3 Å². The van der Waals surface area contributed by atoms with E-state index >= 15 is 0 Å². The van der Waals surface area contributed by atoms with Gasteiger partial charge in [0.05, 0.1) is 5.75 Å². The summed E-state index contributed by atoms with van der Waals surface area (Å²) >= 11 is 1.09. The van der Waals surface area contributed by atoms with Crippen molar-refractivity contribution in [1.29, 1.82) is 0 Å². The molecule has 5 aromatic rings. The number of carboxylic acids is 1. The van der Waals surface area contributed by atoms with Gasteiger partial charge in [0.2, 0.25) is 5.16 Å². The highest BCUT2D eigenvalue weighted by atomic mass is 32.2. The normalized spacial score (nSPS) is 10.6. The molecule has 5 rings (SSSR count). The molecule has 2 aromatic heterocycles. The molecule has 0 radical (unpaired) electrons. The Morgan fingerprint density at radius 3 is 2.31 bits per heavy atom. The zero-order chi connectivity index (χ0) is 24.8. The quantitative estimate of drug-likeness (QED) is 0.257. The first-order valence-electron chi connectivity index (χ1n) is 11.4. The summed E-state index contributed by atoms with van der Waals surface area (Å²) < 4.78 is 0. The van der Waals surface area contributed by atoms with Crippen LogP contribution in [0.15, 0.2) is 84.3 Å². The van der Waals surface area contributed by atoms with E-state index in [9.17, 15) is 4.79 Å². The zero-order valence-corrected chi connectivity index (χ0v) is 20.6. The van der Waals surface area contributed by atoms with E-state index in [4.69, 9.17) is 5.11 Å². The summed E-state index contributed by atoms with van der Waals surface area (Å²) in [6, 6.07) is 23.1. The number of nitrogens with zero attached hydrogens (tertiary/aromatic N) is 3. The number of aromatic amines is 1. The summed E-state index contributed by atoms with van der Waals surface area (Å²) in [4.78, 5) is 19.7. The van der Waals surface area contributed by atoms with Crippen molar-refractivity contribution in [2.45, 2.75) is 25.9 Å². The lowest BCUT2D eigenvalue weighted by Crippen LogP contribution is -1.97. The van der Waals surface area contributed by atoms with Crippen LogP contribution in [-0.4, -0.2) is 37.0 Å². The third-order valence-corrected chi connectivity index (χ3v) is 6.12. The van der Waals surface area contributed by atoms with Crippen LogP contribution in [0.3, 0.4) is 0 Å². The molecule has 0 unspecified atom stereocenters. The first-order chi connectivity index (χ1) is 17.0. The number of aliphatic carboxylic acids is 1. The van der Waals surface area contributed by atoms with Gasteiger partial charge in [0.25, 0.3) is 0 Å². The Hall–Kier alpha value is -3.97. The van der Waals surface area contributed by atoms with Gasteiger partial charge in [0.1, 0.15) is 0 Å². The van der Waals surface area contributed by atoms with Gasteiger partial charge in [0, 0.05) is 23.5 Å². The Labute approximate surface area is 208 Å². The van der Waals surface area contributed by atoms with Crippen molar-refractivity contribution in [2.24, 2.45) is 0 Å². The average molecular weight is 483 g/mol. The van der Waals surface area contributed by atoms with Crippen LogP contribution in [0.1, 0.15) is 19.4 Å². The third kappa shape index (κ3) is 5.75. The molecule has 2 N–H and O–H groups in total. The van der Waals surface area contributed by atoms with Crippen LogP contribution < -0.4 is 0 Å². The Bertz CT molecular complexity index is 1480. The predicted molar refractivity (Wildman–Crippen MR) is 142 cm³/mol. The van der Waals surface area contributed by atoms with E-state index in [-0.39, 0.29) is 5.75 Å². The topological polar surface area (TPSA) is 91.8 Å². The molecule has 176 valence electrons. The van der Waals surface area contributed by atoms with Gasteiger partial charge in [-0.2, -0.15) is 0 Å². The van der Waals surface area contributed by atoms with E-state index in [1.165, 1.54) is 10.8 Å². The maximum Gasteiger partial charge on any atom is 0.313 e. The molecule has 7 heteroatoms. The fraction of sp³-hybridized carbons (Fsp3) is 0.143. The number of aryl methyl sites for hydroxylation is 1. The molecule has 0 saturated heterocycles. The molecule has 0 atom stereocenters. The van der Waals surface area contributed by atoms with Crippen molar-refractivity contribution >= 4 is 28.5 Å². The van der Waals surface area contributed by atoms with E-state index in [2.05, 4.69) is 68.7 Å². The molecule has 0 aliphatic rings. The first-order valence-corrected chi connectivity index (χ1v) is 12.4. The Morgan fingerprint density at radius 1 is 0.857 bits per heavy atom. The largest absolute Gasteiger partial charge is 0.481 e. The molecule has 3 aromatic carbocycles. The lowest BCUT2D eigenvalue weighted by atomic mass is 9.95. The third-order valence-electron chi connectivity index (χ3n) is 5.29. The number of pyridine rings is 1. The summed E-state index contributed by atoms with van der Waals surface area (Å²) in [6.45, 7) is 6.02. The number of nitrogens with one attached hydrogen (secondary N) is 1. The number of carboxylic acid groups (broad SMARTS) is 1. The zero-order valence-electron chi connectivity index (χ0n) is 19.8.